The third-order valence-electron chi connectivity index (χ3n) is 3.62. The van der Waals surface area contributed by atoms with E-state index in [1.165, 1.54) is 0 Å². The van der Waals surface area contributed by atoms with Crippen LogP contribution in [0.1, 0.15) is 11.1 Å². The number of halogens is 1. The summed E-state index contributed by atoms with van der Waals surface area (Å²) in [5, 5.41) is 10.7. The molecule has 0 spiro atoms. The first-order valence-corrected chi connectivity index (χ1v) is 8.01. The Kier molecular flexibility index (Phi) is 5.20. The van der Waals surface area contributed by atoms with E-state index in [1.807, 2.05) is 65.6 Å². The lowest BCUT2D eigenvalue weighted by Crippen LogP contribution is -2.24. The number of benzene rings is 2. The van der Waals surface area contributed by atoms with Crippen molar-refractivity contribution in [2.75, 3.05) is 4.90 Å². The molecule has 25 heavy (non-hydrogen) atoms. The van der Waals surface area contributed by atoms with E-state index in [4.69, 9.17) is 11.6 Å². The van der Waals surface area contributed by atoms with Crippen LogP contribution >= 0.6 is 11.6 Å². The van der Waals surface area contributed by atoms with Gasteiger partial charge in [0.25, 0.3) is 0 Å². The highest BCUT2D eigenvalue weighted by molar-refractivity contribution is 6.31. The fourth-order valence-electron chi connectivity index (χ4n) is 2.43. The standard InChI is InChI=1S/C18H15ClN4O2/c19-17-16(23(24)25)11-20-18(21-17)22(12-14-7-3-1-4-8-14)13-15-9-5-2-6-10-15/h1-11H,12-13H2. The molecular formula is C18H15ClN4O2. The van der Waals surface area contributed by atoms with Crippen LogP contribution in [0.3, 0.4) is 0 Å². The van der Waals surface area contributed by atoms with Gasteiger partial charge in [-0.25, -0.2) is 4.98 Å². The first-order chi connectivity index (χ1) is 12.1. The molecule has 1 aromatic heterocycles. The first-order valence-electron chi connectivity index (χ1n) is 7.63. The minimum Gasteiger partial charge on any atom is -0.332 e. The molecular weight excluding hydrogens is 340 g/mol. The lowest BCUT2D eigenvalue weighted by Gasteiger charge is -2.23. The largest absolute Gasteiger partial charge is 0.332 e. The number of nitro groups is 1. The van der Waals surface area contributed by atoms with Gasteiger partial charge in [0.2, 0.25) is 11.1 Å². The van der Waals surface area contributed by atoms with Crippen LogP contribution in [0.2, 0.25) is 5.15 Å². The van der Waals surface area contributed by atoms with Crippen molar-refractivity contribution in [1.82, 2.24) is 9.97 Å². The van der Waals surface area contributed by atoms with E-state index in [1.54, 1.807) is 0 Å². The molecule has 3 rings (SSSR count). The zero-order valence-electron chi connectivity index (χ0n) is 13.2. The molecule has 0 N–H and O–H groups in total. The second-order valence-corrected chi connectivity index (χ2v) is 5.79. The third-order valence-corrected chi connectivity index (χ3v) is 3.90. The van der Waals surface area contributed by atoms with Crippen molar-refractivity contribution in [1.29, 1.82) is 0 Å². The molecule has 6 nitrogen and oxygen atoms in total. The summed E-state index contributed by atoms with van der Waals surface area (Å²) in [6.45, 7) is 1.12. The topological polar surface area (TPSA) is 72.2 Å². The number of nitrogens with zero attached hydrogens (tertiary/aromatic N) is 4. The summed E-state index contributed by atoms with van der Waals surface area (Å²) in [4.78, 5) is 20.5. The second-order valence-electron chi connectivity index (χ2n) is 5.43. The molecule has 0 saturated heterocycles. The van der Waals surface area contributed by atoms with Gasteiger partial charge in [0.1, 0.15) is 6.20 Å². The molecule has 2 aromatic carbocycles. The van der Waals surface area contributed by atoms with Gasteiger partial charge in [-0.3, -0.25) is 10.1 Å². The van der Waals surface area contributed by atoms with E-state index in [2.05, 4.69) is 9.97 Å². The summed E-state index contributed by atoms with van der Waals surface area (Å²) in [5.74, 6) is 0.350. The van der Waals surface area contributed by atoms with Gasteiger partial charge in [0.05, 0.1) is 4.92 Å². The third kappa shape index (κ3) is 4.30. The maximum atomic E-state index is 10.9. The maximum absolute atomic E-state index is 10.9. The summed E-state index contributed by atoms with van der Waals surface area (Å²) in [5.41, 5.74) is 1.86. The fraction of sp³-hybridized carbons (Fsp3) is 0.111. The van der Waals surface area contributed by atoms with Gasteiger partial charge in [0.15, 0.2) is 0 Å². The molecule has 0 radical (unpaired) electrons. The Hall–Kier alpha value is -2.99. The van der Waals surface area contributed by atoms with Gasteiger partial charge in [-0.2, -0.15) is 4.98 Å². The van der Waals surface area contributed by atoms with Crippen LogP contribution < -0.4 is 4.90 Å². The van der Waals surface area contributed by atoms with Gasteiger partial charge in [-0.1, -0.05) is 72.3 Å². The minimum atomic E-state index is -0.592. The van der Waals surface area contributed by atoms with Crippen LogP contribution in [0.25, 0.3) is 0 Å². The summed E-state index contributed by atoms with van der Waals surface area (Å²) in [7, 11) is 0. The summed E-state index contributed by atoms with van der Waals surface area (Å²) >= 11 is 5.95. The van der Waals surface area contributed by atoms with Crippen molar-refractivity contribution in [3.63, 3.8) is 0 Å². The molecule has 0 aliphatic rings. The number of rotatable bonds is 6. The van der Waals surface area contributed by atoms with Crippen molar-refractivity contribution in [3.05, 3.63) is 93.3 Å². The van der Waals surface area contributed by atoms with Crippen molar-refractivity contribution < 1.29 is 4.92 Å². The normalized spacial score (nSPS) is 10.4. The molecule has 7 heteroatoms. The quantitative estimate of drug-likeness (QED) is 0.376. The summed E-state index contributed by atoms with van der Waals surface area (Å²) in [6, 6.07) is 19.7. The molecule has 0 bridgehead atoms. The molecule has 126 valence electrons. The lowest BCUT2D eigenvalue weighted by molar-refractivity contribution is -0.385. The molecule has 1 heterocycles. The zero-order valence-corrected chi connectivity index (χ0v) is 14.0. The summed E-state index contributed by atoms with van der Waals surface area (Å²) < 4.78 is 0. The van der Waals surface area contributed by atoms with Crippen molar-refractivity contribution >= 4 is 23.2 Å². The fourth-order valence-corrected chi connectivity index (χ4v) is 2.62. The van der Waals surface area contributed by atoms with Crippen molar-refractivity contribution in [3.8, 4) is 0 Å². The van der Waals surface area contributed by atoms with Gasteiger partial charge in [0, 0.05) is 13.1 Å². The summed E-state index contributed by atoms with van der Waals surface area (Å²) in [6.07, 6.45) is 1.15. The van der Waals surface area contributed by atoms with Crippen molar-refractivity contribution in [2.24, 2.45) is 0 Å². The maximum Gasteiger partial charge on any atom is 0.324 e. The molecule has 0 unspecified atom stereocenters. The van der Waals surface area contributed by atoms with Crippen LogP contribution in [0, 0.1) is 10.1 Å². The van der Waals surface area contributed by atoms with E-state index in [9.17, 15) is 10.1 Å². The SMILES string of the molecule is O=[N+]([O-])c1cnc(N(Cc2ccccc2)Cc2ccccc2)nc1Cl. The molecule has 0 aliphatic heterocycles. The smallest absolute Gasteiger partial charge is 0.324 e. The first kappa shape index (κ1) is 16.9. The molecule has 0 saturated carbocycles. The Morgan fingerprint density at radius 3 is 1.92 bits per heavy atom. The van der Waals surface area contributed by atoms with E-state index in [-0.39, 0.29) is 10.8 Å². The van der Waals surface area contributed by atoms with E-state index >= 15 is 0 Å². The lowest BCUT2D eigenvalue weighted by atomic mass is 10.2. The van der Waals surface area contributed by atoms with Crippen LogP contribution in [0.4, 0.5) is 11.6 Å². The minimum absolute atomic E-state index is 0.166. The predicted octanol–water partition coefficient (Wildman–Crippen LogP) is 4.25. The Morgan fingerprint density at radius 1 is 0.960 bits per heavy atom. The molecule has 3 aromatic rings. The van der Waals surface area contributed by atoms with Gasteiger partial charge in [-0.05, 0) is 11.1 Å². The number of hydrogen-bond acceptors (Lipinski definition) is 5. The number of hydrogen-bond donors (Lipinski definition) is 0. The van der Waals surface area contributed by atoms with Gasteiger partial charge < -0.3 is 4.90 Å². The average Bonchev–Trinajstić information content (AvgIpc) is 2.62. The van der Waals surface area contributed by atoms with E-state index in [0.717, 1.165) is 17.3 Å². The Labute approximate surface area is 149 Å². The predicted molar refractivity (Wildman–Crippen MR) is 96.5 cm³/mol. The van der Waals surface area contributed by atoms with Gasteiger partial charge >= 0.3 is 5.69 Å². The zero-order chi connectivity index (χ0) is 17.6. The second kappa shape index (κ2) is 7.72. The Bertz CT molecular complexity index is 818. The van der Waals surface area contributed by atoms with Crippen LogP contribution in [-0.4, -0.2) is 14.9 Å². The molecule has 0 atom stereocenters. The Morgan fingerprint density at radius 2 is 1.48 bits per heavy atom. The number of anilines is 1. The van der Waals surface area contributed by atoms with E-state index in [0.29, 0.717) is 19.0 Å². The average molecular weight is 355 g/mol. The van der Waals surface area contributed by atoms with Gasteiger partial charge in [-0.15, -0.1) is 0 Å². The van der Waals surface area contributed by atoms with Crippen LogP contribution in [0.15, 0.2) is 66.9 Å². The monoisotopic (exact) mass is 354 g/mol. The highest BCUT2D eigenvalue weighted by atomic mass is 35.5. The molecule has 0 aliphatic carbocycles. The Balaban J connectivity index is 1.92. The molecule has 0 amide bonds. The van der Waals surface area contributed by atoms with E-state index < -0.39 is 4.92 Å². The van der Waals surface area contributed by atoms with Crippen LogP contribution in [-0.2, 0) is 13.1 Å². The molecule has 0 fully saturated rings. The highest BCUT2D eigenvalue weighted by Crippen LogP contribution is 2.24. The van der Waals surface area contributed by atoms with Crippen molar-refractivity contribution in [2.45, 2.75) is 13.1 Å². The number of aromatic nitrogens is 2. The highest BCUT2D eigenvalue weighted by Gasteiger charge is 2.19. The van der Waals surface area contributed by atoms with Crippen LogP contribution in [0.5, 0.6) is 0 Å².